The van der Waals surface area contributed by atoms with Crippen molar-refractivity contribution in [3.8, 4) is 5.75 Å². The third-order valence-electron chi connectivity index (χ3n) is 4.53. The van der Waals surface area contributed by atoms with E-state index in [2.05, 4.69) is 20.5 Å². The molecule has 0 radical (unpaired) electrons. The summed E-state index contributed by atoms with van der Waals surface area (Å²) in [5.74, 6) is 0.468. The van der Waals surface area contributed by atoms with Crippen molar-refractivity contribution in [3.05, 3.63) is 77.4 Å². The maximum atomic E-state index is 12.8. The normalized spacial score (nSPS) is 18.9. The summed E-state index contributed by atoms with van der Waals surface area (Å²) in [7, 11) is 0. The van der Waals surface area contributed by atoms with Crippen molar-refractivity contribution in [2.45, 2.75) is 18.9 Å². The van der Waals surface area contributed by atoms with E-state index in [1.807, 2.05) is 43.3 Å². The number of carbonyl (C=O) groups excluding carboxylic acids is 1. The van der Waals surface area contributed by atoms with Gasteiger partial charge in [-0.3, -0.25) is 14.9 Å². The molecule has 2 N–H and O–H groups in total. The zero-order chi connectivity index (χ0) is 17.3. The number of nitrogens with one attached hydrogen (secondary N) is 2. The molecule has 25 heavy (non-hydrogen) atoms. The molecule has 2 aromatic heterocycles. The molecule has 1 aliphatic rings. The lowest BCUT2D eigenvalue weighted by atomic mass is 9.81. The van der Waals surface area contributed by atoms with Crippen molar-refractivity contribution in [2.75, 3.05) is 6.61 Å². The molecule has 6 nitrogen and oxygen atoms in total. The number of H-pyrrole nitrogens is 1. The van der Waals surface area contributed by atoms with Gasteiger partial charge in [-0.05, 0) is 30.7 Å². The molecule has 1 aromatic carbocycles. The van der Waals surface area contributed by atoms with Crippen molar-refractivity contribution >= 4 is 5.91 Å². The zero-order valence-corrected chi connectivity index (χ0v) is 13.8. The minimum atomic E-state index is -0.745. The van der Waals surface area contributed by atoms with Crippen LogP contribution in [0.4, 0.5) is 0 Å². The molecule has 0 saturated heterocycles. The van der Waals surface area contributed by atoms with Gasteiger partial charge < -0.3 is 10.1 Å². The summed E-state index contributed by atoms with van der Waals surface area (Å²) in [5.41, 5.74) is 2.53. The molecule has 126 valence electrons. The lowest BCUT2D eigenvalue weighted by molar-refractivity contribution is 0.0878. The number of amides is 1. The van der Waals surface area contributed by atoms with Crippen LogP contribution >= 0.6 is 0 Å². The molecule has 3 heterocycles. The van der Waals surface area contributed by atoms with E-state index >= 15 is 0 Å². The Balaban J connectivity index is 1.85. The van der Waals surface area contributed by atoms with Gasteiger partial charge in [0.05, 0.1) is 6.61 Å². The molecule has 0 saturated carbocycles. The summed E-state index contributed by atoms with van der Waals surface area (Å²) in [5, 5.41) is 9.75. The summed E-state index contributed by atoms with van der Waals surface area (Å²) in [6.07, 6.45) is 3.88. The number of carbonyl (C=O) groups is 1. The molecule has 0 aliphatic carbocycles. The van der Waals surface area contributed by atoms with E-state index in [0.29, 0.717) is 24.5 Å². The van der Waals surface area contributed by atoms with Crippen molar-refractivity contribution in [1.82, 2.24) is 20.5 Å². The van der Waals surface area contributed by atoms with Crippen LogP contribution in [0, 0.1) is 6.92 Å². The number of aromatic amines is 1. The van der Waals surface area contributed by atoms with Crippen LogP contribution in [-0.4, -0.2) is 27.7 Å². The van der Waals surface area contributed by atoms with Gasteiger partial charge in [0.15, 0.2) is 0 Å². The quantitative estimate of drug-likeness (QED) is 0.771. The Morgan fingerprint density at radius 3 is 2.80 bits per heavy atom. The second kappa shape index (κ2) is 6.05. The summed E-state index contributed by atoms with van der Waals surface area (Å²) >= 11 is 0. The minimum absolute atomic E-state index is 0.225. The van der Waals surface area contributed by atoms with E-state index in [-0.39, 0.29) is 5.91 Å². The van der Waals surface area contributed by atoms with Crippen molar-refractivity contribution < 1.29 is 9.53 Å². The van der Waals surface area contributed by atoms with Crippen LogP contribution in [0.15, 0.2) is 54.9 Å². The fourth-order valence-corrected chi connectivity index (χ4v) is 3.22. The fraction of sp³-hybridized carbons (Fsp3) is 0.211. The van der Waals surface area contributed by atoms with Crippen LogP contribution in [0.5, 0.6) is 5.75 Å². The molecule has 0 bridgehead atoms. The summed E-state index contributed by atoms with van der Waals surface area (Å²) in [6, 6.07) is 13.5. The van der Waals surface area contributed by atoms with Crippen molar-refractivity contribution in [3.63, 3.8) is 0 Å². The van der Waals surface area contributed by atoms with E-state index in [4.69, 9.17) is 4.74 Å². The molecular formula is C19H18N4O2. The van der Waals surface area contributed by atoms with Gasteiger partial charge in [-0.2, -0.15) is 5.10 Å². The Morgan fingerprint density at radius 1 is 1.20 bits per heavy atom. The number of aryl methyl sites for hydroxylation is 1. The standard InChI is InChI=1S/C19H18N4O2/c1-13-4-6-14(7-5-13)19(22-18(24)15-8-11-21-23-15)9-12-25-16-3-2-10-20-17(16)19/h2-8,10-11H,9,12H2,1H3,(H,21,23)(H,22,24)/t19-/m0/s1. The van der Waals surface area contributed by atoms with Crippen LogP contribution in [0.2, 0.25) is 0 Å². The van der Waals surface area contributed by atoms with Gasteiger partial charge in [-0.25, -0.2) is 0 Å². The number of rotatable bonds is 3. The molecule has 1 amide bonds. The zero-order valence-electron chi connectivity index (χ0n) is 13.8. The average molecular weight is 334 g/mol. The molecule has 6 heteroatoms. The molecule has 1 atom stereocenters. The first-order valence-corrected chi connectivity index (χ1v) is 8.16. The largest absolute Gasteiger partial charge is 0.491 e. The summed E-state index contributed by atoms with van der Waals surface area (Å²) < 4.78 is 5.76. The molecule has 1 aliphatic heterocycles. The van der Waals surface area contributed by atoms with Gasteiger partial charge in [-0.1, -0.05) is 29.8 Å². The monoisotopic (exact) mass is 334 g/mol. The first-order chi connectivity index (χ1) is 12.2. The summed E-state index contributed by atoms with van der Waals surface area (Å²) in [4.78, 5) is 17.3. The van der Waals surface area contributed by atoms with Crippen LogP contribution in [0.1, 0.15) is 33.7 Å². The van der Waals surface area contributed by atoms with Gasteiger partial charge in [-0.15, -0.1) is 0 Å². The average Bonchev–Trinajstić information content (AvgIpc) is 3.17. The van der Waals surface area contributed by atoms with Crippen LogP contribution in [-0.2, 0) is 5.54 Å². The lowest BCUT2D eigenvalue weighted by Crippen LogP contribution is -2.50. The second-order valence-electron chi connectivity index (χ2n) is 6.14. The van der Waals surface area contributed by atoms with Gasteiger partial charge in [0.2, 0.25) is 0 Å². The second-order valence-corrected chi connectivity index (χ2v) is 6.14. The molecular weight excluding hydrogens is 316 g/mol. The maximum Gasteiger partial charge on any atom is 0.270 e. The SMILES string of the molecule is Cc1ccc([C@@]2(NC(=O)c3ccn[nH]3)CCOc3cccnc32)cc1. The number of benzene rings is 1. The van der Waals surface area contributed by atoms with Crippen LogP contribution < -0.4 is 10.1 Å². The number of hydrogen-bond donors (Lipinski definition) is 2. The first kappa shape index (κ1) is 15.4. The van der Waals surface area contributed by atoms with Crippen LogP contribution in [0.3, 0.4) is 0 Å². The smallest absolute Gasteiger partial charge is 0.270 e. The molecule has 0 fully saturated rings. The van der Waals surface area contributed by atoms with E-state index < -0.39 is 5.54 Å². The number of aromatic nitrogens is 3. The highest BCUT2D eigenvalue weighted by molar-refractivity contribution is 5.93. The number of nitrogens with zero attached hydrogens (tertiary/aromatic N) is 2. The van der Waals surface area contributed by atoms with E-state index in [1.165, 1.54) is 0 Å². The lowest BCUT2D eigenvalue weighted by Gasteiger charge is -2.38. The number of fused-ring (bicyclic) bond motifs is 1. The minimum Gasteiger partial charge on any atom is -0.491 e. The third-order valence-corrected chi connectivity index (χ3v) is 4.53. The molecule has 0 spiro atoms. The predicted octanol–water partition coefficient (Wildman–Crippen LogP) is 2.57. The molecule has 3 aromatic rings. The van der Waals surface area contributed by atoms with Crippen molar-refractivity contribution in [2.24, 2.45) is 0 Å². The van der Waals surface area contributed by atoms with Gasteiger partial charge >= 0.3 is 0 Å². The van der Waals surface area contributed by atoms with E-state index in [9.17, 15) is 4.79 Å². The van der Waals surface area contributed by atoms with Crippen molar-refractivity contribution in [1.29, 1.82) is 0 Å². The molecule has 0 unspecified atom stereocenters. The highest BCUT2D eigenvalue weighted by atomic mass is 16.5. The predicted molar refractivity (Wildman–Crippen MR) is 92.4 cm³/mol. The Kier molecular flexibility index (Phi) is 3.72. The van der Waals surface area contributed by atoms with E-state index in [0.717, 1.165) is 16.8 Å². The van der Waals surface area contributed by atoms with E-state index in [1.54, 1.807) is 18.5 Å². The highest BCUT2D eigenvalue weighted by Gasteiger charge is 2.42. The maximum absolute atomic E-state index is 12.8. The Hall–Kier alpha value is -3.15. The third kappa shape index (κ3) is 2.65. The van der Waals surface area contributed by atoms with Gasteiger partial charge in [0.25, 0.3) is 5.91 Å². The Bertz CT molecular complexity index is 890. The molecule has 4 rings (SSSR count). The fourth-order valence-electron chi connectivity index (χ4n) is 3.22. The first-order valence-electron chi connectivity index (χ1n) is 8.16. The Morgan fingerprint density at radius 2 is 2.04 bits per heavy atom. The number of ether oxygens (including phenoxy) is 1. The Labute approximate surface area is 145 Å². The van der Waals surface area contributed by atoms with Gasteiger partial charge in [0, 0.05) is 18.8 Å². The number of pyridine rings is 1. The van der Waals surface area contributed by atoms with Gasteiger partial charge in [0.1, 0.15) is 22.7 Å². The number of hydrogen-bond acceptors (Lipinski definition) is 4. The topological polar surface area (TPSA) is 79.9 Å². The van der Waals surface area contributed by atoms with Crippen LogP contribution in [0.25, 0.3) is 0 Å². The highest BCUT2D eigenvalue weighted by Crippen LogP contribution is 2.40. The summed E-state index contributed by atoms with van der Waals surface area (Å²) in [6.45, 7) is 2.53.